The van der Waals surface area contributed by atoms with Crippen molar-refractivity contribution in [2.24, 2.45) is 0 Å². The highest BCUT2D eigenvalue weighted by molar-refractivity contribution is 5.88. The largest absolute Gasteiger partial charge is 0.463 e. The molecule has 17 heavy (non-hydrogen) atoms. The average Bonchev–Trinajstić information content (AvgIpc) is 2.98. The van der Waals surface area contributed by atoms with Gasteiger partial charge in [-0.3, -0.25) is 0 Å². The molecule has 6 nitrogen and oxygen atoms in total. The minimum atomic E-state index is -0.708. The van der Waals surface area contributed by atoms with Crippen LogP contribution in [0, 0.1) is 0 Å². The van der Waals surface area contributed by atoms with E-state index in [1.165, 1.54) is 31.6 Å². The van der Waals surface area contributed by atoms with Gasteiger partial charge in [-0.15, -0.1) is 0 Å². The van der Waals surface area contributed by atoms with Gasteiger partial charge in [0.15, 0.2) is 0 Å². The summed E-state index contributed by atoms with van der Waals surface area (Å²) < 4.78 is 19.0. The van der Waals surface area contributed by atoms with Crippen LogP contribution in [0.25, 0.3) is 0 Å². The molecule has 0 saturated heterocycles. The topological polar surface area (TPSA) is 78.9 Å². The normalized spacial score (nSPS) is 9.94. The molecular weight excluding hydrogens is 228 g/mol. The lowest BCUT2D eigenvalue weighted by Crippen LogP contribution is -2.06. The molecule has 2 aromatic heterocycles. The second-order valence-electron chi connectivity index (χ2n) is 2.98. The summed E-state index contributed by atoms with van der Waals surface area (Å²) in [5.41, 5.74) is 0. The van der Waals surface area contributed by atoms with Gasteiger partial charge in [0, 0.05) is 6.07 Å². The van der Waals surface area contributed by atoms with E-state index in [-0.39, 0.29) is 17.5 Å². The molecule has 0 atom stereocenters. The Morgan fingerprint density at radius 3 is 2.59 bits per heavy atom. The number of esters is 2. The first kappa shape index (κ1) is 11.0. The molecule has 0 aromatic carbocycles. The maximum atomic E-state index is 11.4. The summed E-state index contributed by atoms with van der Waals surface area (Å²) >= 11 is 0. The number of furan rings is 2. The van der Waals surface area contributed by atoms with Gasteiger partial charge < -0.3 is 18.3 Å². The maximum Gasteiger partial charge on any atom is 0.381 e. The second kappa shape index (κ2) is 4.56. The molecule has 88 valence electrons. The van der Waals surface area contributed by atoms with Gasteiger partial charge in [-0.2, -0.15) is 0 Å². The zero-order valence-electron chi connectivity index (χ0n) is 8.84. The van der Waals surface area contributed by atoms with Crippen molar-refractivity contribution in [3.63, 3.8) is 0 Å². The molecule has 0 amide bonds. The van der Waals surface area contributed by atoms with Gasteiger partial charge >= 0.3 is 11.9 Å². The smallest absolute Gasteiger partial charge is 0.381 e. The van der Waals surface area contributed by atoms with Gasteiger partial charge in [-0.25, -0.2) is 9.59 Å². The number of rotatable bonds is 3. The molecule has 2 rings (SSSR count). The molecule has 0 radical (unpaired) electrons. The van der Waals surface area contributed by atoms with E-state index < -0.39 is 11.9 Å². The molecule has 2 aromatic rings. The van der Waals surface area contributed by atoms with Gasteiger partial charge in [-0.05, 0) is 18.2 Å². The molecule has 0 aliphatic rings. The van der Waals surface area contributed by atoms with E-state index in [1.807, 2.05) is 0 Å². The number of hydrogen-bond acceptors (Lipinski definition) is 6. The fourth-order valence-electron chi connectivity index (χ4n) is 1.12. The highest BCUT2D eigenvalue weighted by Gasteiger charge is 2.16. The zero-order valence-corrected chi connectivity index (χ0v) is 8.84. The summed E-state index contributed by atoms with van der Waals surface area (Å²) in [7, 11) is 1.22. The van der Waals surface area contributed by atoms with Crippen molar-refractivity contribution in [2.45, 2.75) is 0 Å². The second-order valence-corrected chi connectivity index (χ2v) is 2.98. The van der Waals surface area contributed by atoms with E-state index in [4.69, 9.17) is 13.6 Å². The molecule has 0 N–H and O–H groups in total. The van der Waals surface area contributed by atoms with Crippen molar-refractivity contribution in [2.75, 3.05) is 7.11 Å². The Labute approximate surface area is 95.7 Å². The first-order chi connectivity index (χ1) is 8.20. The van der Waals surface area contributed by atoms with Crippen molar-refractivity contribution in [1.29, 1.82) is 0 Å². The van der Waals surface area contributed by atoms with E-state index in [1.54, 1.807) is 6.07 Å². The predicted molar refractivity (Wildman–Crippen MR) is 53.7 cm³/mol. The summed E-state index contributed by atoms with van der Waals surface area (Å²) in [6.45, 7) is 0. The van der Waals surface area contributed by atoms with Crippen molar-refractivity contribution in [3.8, 4) is 5.95 Å². The SMILES string of the molecule is COC(=O)c1ccc(OC(=O)c2ccco2)o1. The Kier molecular flexibility index (Phi) is 2.95. The van der Waals surface area contributed by atoms with Crippen LogP contribution in [-0.2, 0) is 4.74 Å². The van der Waals surface area contributed by atoms with Crippen molar-refractivity contribution < 1.29 is 27.9 Å². The van der Waals surface area contributed by atoms with Crippen LogP contribution in [0.3, 0.4) is 0 Å². The van der Waals surface area contributed by atoms with Crippen LogP contribution in [0.4, 0.5) is 0 Å². The first-order valence-electron chi connectivity index (χ1n) is 4.64. The highest BCUT2D eigenvalue weighted by atomic mass is 16.6. The fraction of sp³-hybridized carbons (Fsp3) is 0.0909. The van der Waals surface area contributed by atoms with Gasteiger partial charge in [-0.1, -0.05) is 0 Å². The van der Waals surface area contributed by atoms with Gasteiger partial charge in [0.1, 0.15) is 0 Å². The fourth-order valence-corrected chi connectivity index (χ4v) is 1.12. The van der Waals surface area contributed by atoms with Crippen LogP contribution >= 0.6 is 0 Å². The Hall–Kier alpha value is -2.50. The molecule has 6 heteroatoms. The summed E-state index contributed by atoms with van der Waals surface area (Å²) in [6.07, 6.45) is 1.35. The third-order valence-corrected chi connectivity index (χ3v) is 1.88. The quantitative estimate of drug-likeness (QED) is 0.757. The van der Waals surface area contributed by atoms with E-state index in [0.717, 1.165) is 0 Å². The summed E-state index contributed by atoms with van der Waals surface area (Å²) in [6, 6.07) is 5.69. The summed E-state index contributed by atoms with van der Waals surface area (Å²) in [5, 5.41) is 0. The van der Waals surface area contributed by atoms with Crippen LogP contribution in [0.2, 0.25) is 0 Å². The van der Waals surface area contributed by atoms with Crippen molar-refractivity contribution in [1.82, 2.24) is 0 Å². The monoisotopic (exact) mass is 236 g/mol. The van der Waals surface area contributed by atoms with Crippen molar-refractivity contribution >= 4 is 11.9 Å². The Bertz CT molecular complexity index is 522. The lowest BCUT2D eigenvalue weighted by Gasteiger charge is -1.97. The number of carbonyl (C=O) groups is 2. The molecule has 2 heterocycles. The van der Waals surface area contributed by atoms with Gasteiger partial charge in [0.2, 0.25) is 11.5 Å². The van der Waals surface area contributed by atoms with E-state index >= 15 is 0 Å². The Morgan fingerprint density at radius 1 is 1.12 bits per heavy atom. The lowest BCUT2D eigenvalue weighted by molar-refractivity contribution is 0.0537. The number of carbonyl (C=O) groups excluding carboxylic acids is 2. The first-order valence-corrected chi connectivity index (χ1v) is 4.64. The van der Waals surface area contributed by atoms with E-state index in [0.29, 0.717) is 0 Å². The van der Waals surface area contributed by atoms with Gasteiger partial charge in [0.05, 0.1) is 13.4 Å². The number of methoxy groups -OCH3 is 1. The number of hydrogen-bond donors (Lipinski definition) is 0. The highest BCUT2D eigenvalue weighted by Crippen LogP contribution is 2.18. The molecule has 0 spiro atoms. The molecule has 0 unspecified atom stereocenters. The van der Waals surface area contributed by atoms with Crippen LogP contribution < -0.4 is 4.74 Å². The lowest BCUT2D eigenvalue weighted by atomic mass is 10.4. The standard InChI is InChI=1S/C11H8O6/c1-14-10(12)8-4-5-9(16-8)17-11(13)7-3-2-6-15-7/h2-6H,1H3. The summed E-state index contributed by atoms with van der Waals surface area (Å²) in [5.74, 6) is -1.46. The van der Waals surface area contributed by atoms with E-state index in [2.05, 4.69) is 4.74 Å². The average molecular weight is 236 g/mol. The molecule has 0 fully saturated rings. The summed E-state index contributed by atoms with van der Waals surface area (Å²) in [4.78, 5) is 22.5. The van der Waals surface area contributed by atoms with Crippen LogP contribution in [0.5, 0.6) is 5.95 Å². The minimum absolute atomic E-state index is 0.0426. The molecule has 0 aliphatic carbocycles. The van der Waals surface area contributed by atoms with Crippen LogP contribution in [-0.4, -0.2) is 19.0 Å². The van der Waals surface area contributed by atoms with Gasteiger partial charge in [0.25, 0.3) is 5.95 Å². The van der Waals surface area contributed by atoms with E-state index in [9.17, 15) is 9.59 Å². The van der Waals surface area contributed by atoms with Crippen LogP contribution in [0.15, 0.2) is 39.4 Å². The molecule has 0 saturated carbocycles. The van der Waals surface area contributed by atoms with Crippen molar-refractivity contribution in [3.05, 3.63) is 42.0 Å². The molecule has 0 bridgehead atoms. The zero-order chi connectivity index (χ0) is 12.3. The predicted octanol–water partition coefficient (Wildman–Crippen LogP) is 1.88. The minimum Gasteiger partial charge on any atom is -0.463 e. The van der Waals surface area contributed by atoms with Crippen LogP contribution in [0.1, 0.15) is 21.1 Å². The number of ether oxygens (including phenoxy) is 2. The Morgan fingerprint density at radius 2 is 1.94 bits per heavy atom. The Balaban J connectivity index is 2.07. The third-order valence-electron chi connectivity index (χ3n) is 1.88. The molecule has 0 aliphatic heterocycles. The third kappa shape index (κ3) is 2.36. The molecular formula is C11H8O6. The maximum absolute atomic E-state index is 11.4.